The summed E-state index contributed by atoms with van der Waals surface area (Å²) in [6.45, 7) is 12.1. The van der Waals surface area contributed by atoms with E-state index in [4.69, 9.17) is 19.4 Å². The summed E-state index contributed by atoms with van der Waals surface area (Å²) in [5, 5.41) is 9.77. The Bertz CT molecular complexity index is 1280. The van der Waals surface area contributed by atoms with E-state index in [1.807, 2.05) is 10.8 Å². The molecule has 1 aromatic carbocycles. The zero-order valence-corrected chi connectivity index (χ0v) is 22.7. The van der Waals surface area contributed by atoms with Crippen molar-refractivity contribution in [2.75, 3.05) is 19.8 Å². The molecule has 0 unspecified atom stereocenters. The number of benzene rings is 1. The summed E-state index contributed by atoms with van der Waals surface area (Å²) in [6.07, 6.45) is 5.53. The lowest BCUT2D eigenvalue weighted by Crippen LogP contribution is -2.30. The van der Waals surface area contributed by atoms with Crippen LogP contribution in [0.25, 0.3) is 22.4 Å². The van der Waals surface area contributed by atoms with Crippen LogP contribution in [0.5, 0.6) is 0 Å². The number of carbonyl (C=O) groups is 1. The monoisotopic (exact) mass is 508 g/mol. The fraction of sp³-hybridized carbons (Fsp3) is 0.519. The Morgan fingerprint density at radius 2 is 2.14 bits per heavy atom. The van der Waals surface area contributed by atoms with Gasteiger partial charge in [-0.05, 0) is 66.6 Å². The second kappa shape index (κ2) is 9.95. The zero-order chi connectivity index (χ0) is 25.4. The average Bonchev–Trinajstić information content (AvgIpc) is 3.45. The van der Waals surface area contributed by atoms with Gasteiger partial charge in [-0.3, -0.25) is 0 Å². The van der Waals surface area contributed by atoms with Crippen LogP contribution in [0.15, 0.2) is 24.5 Å². The summed E-state index contributed by atoms with van der Waals surface area (Å²) in [5.74, 6) is 0. The van der Waals surface area contributed by atoms with Gasteiger partial charge in [0.15, 0.2) is 5.65 Å². The van der Waals surface area contributed by atoms with Crippen molar-refractivity contribution in [1.29, 1.82) is 0 Å². The number of ether oxygens (including phenoxy) is 2. The summed E-state index contributed by atoms with van der Waals surface area (Å²) in [4.78, 5) is 23.3. The molecule has 192 valence electrons. The van der Waals surface area contributed by atoms with E-state index in [1.54, 1.807) is 4.90 Å². The Balaban J connectivity index is 1.47. The van der Waals surface area contributed by atoms with Crippen molar-refractivity contribution < 1.29 is 19.4 Å². The molecule has 0 bridgehead atoms. The number of carboxylic acid groups (broad SMARTS) is 1. The standard InChI is InChI=1S/C27H36N4O4Si/c1-18-15-30(17-35-10-11-36(2,3)4)26-25(18)29-23(14-28-26)20-12-19-7-9-34-16-22(19)21(13-20)24-6-5-8-31(24)27(32)33/h12-15,24H,5-11,16-17H2,1-4H3,(H,32,33)/t24-/m0/s1. The van der Waals surface area contributed by atoms with Crippen LogP contribution in [0, 0.1) is 6.92 Å². The zero-order valence-electron chi connectivity index (χ0n) is 21.7. The van der Waals surface area contributed by atoms with Gasteiger partial charge < -0.3 is 24.0 Å². The van der Waals surface area contributed by atoms with Gasteiger partial charge in [-0.2, -0.15) is 0 Å². The van der Waals surface area contributed by atoms with Crippen molar-refractivity contribution in [2.45, 2.75) is 71.3 Å². The fourth-order valence-corrected chi connectivity index (χ4v) is 6.03. The van der Waals surface area contributed by atoms with E-state index in [0.29, 0.717) is 26.5 Å². The summed E-state index contributed by atoms with van der Waals surface area (Å²) < 4.78 is 13.8. The number of likely N-dealkylation sites (tertiary alicyclic amines) is 1. The molecule has 3 aromatic rings. The Morgan fingerprint density at radius 1 is 1.31 bits per heavy atom. The van der Waals surface area contributed by atoms with Gasteiger partial charge in [-0.1, -0.05) is 19.6 Å². The minimum absolute atomic E-state index is 0.147. The molecule has 1 fully saturated rings. The molecule has 0 radical (unpaired) electrons. The number of hydrogen-bond acceptors (Lipinski definition) is 5. The smallest absolute Gasteiger partial charge is 0.407 e. The van der Waals surface area contributed by atoms with Crippen LogP contribution in [0.2, 0.25) is 25.7 Å². The number of aryl methyl sites for hydroxylation is 1. The number of amides is 1. The van der Waals surface area contributed by atoms with E-state index in [-0.39, 0.29) is 6.04 Å². The van der Waals surface area contributed by atoms with Gasteiger partial charge >= 0.3 is 6.09 Å². The molecule has 0 aliphatic carbocycles. The van der Waals surface area contributed by atoms with Crippen molar-refractivity contribution in [3.63, 3.8) is 0 Å². The molecule has 9 heteroatoms. The topological polar surface area (TPSA) is 89.7 Å². The number of fused-ring (bicyclic) bond motifs is 2. The SMILES string of the molecule is Cc1cn(COCC[Si](C)(C)C)c2ncc(-c3cc4c(c([C@@H]5CCCN5C(=O)O)c3)COCC4)nc12. The lowest BCUT2D eigenvalue weighted by Gasteiger charge is -2.28. The average molecular weight is 509 g/mol. The molecule has 1 atom stereocenters. The van der Waals surface area contributed by atoms with Crippen molar-refractivity contribution >= 4 is 25.3 Å². The molecule has 5 rings (SSSR count). The molecular formula is C27H36N4O4Si. The first-order valence-corrected chi connectivity index (χ1v) is 16.6. The Morgan fingerprint density at radius 3 is 2.92 bits per heavy atom. The molecule has 0 saturated carbocycles. The van der Waals surface area contributed by atoms with Gasteiger partial charge in [0.05, 0.1) is 31.1 Å². The van der Waals surface area contributed by atoms with E-state index >= 15 is 0 Å². The maximum absolute atomic E-state index is 11.9. The Labute approximate surface area is 213 Å². The lowest BCUT2D eigenvalue weighted by molar-refractivity contribution is 0.0898. The van der Waals surface area contributed by atoms with Crippen LogP contribution in [-0.2, 0) is 29.2 Å². The third-order valence-corrected chi connectivity index (χ3v) is 8.97. The highest BCUT2D eigenvalue weighted by molar-refractivity contribution is 6.76. The van der Waals surface area contributed by atoms with E-state index in [2.05, 4.69) is 44.9 Å². The van der Waals surface area contributed by atoms with Gasteiger partial charge in [0.1, 0.15) is 12.2 Å². The van der Waals surface area contributed by atoms with E-state index < -0.39 is 14.2 Å². The highest BCUT2D eigenvalue weighted by Gasteiger charge is 2.33. The third kappa shape index (κ3) is 5.05. The fourth-order valence-electron chi connectivity index (χ4n) is 5.27. The van der Waals surface area contributed by atoms with Crippen LogP contribution in [0.1, 0.15) is 41.1 Å². The van der Waals surface area contributed by atoms with E-state index in [0.717, 1.165) is 71.0 Å². The Kier molecular flexibility index (Phi) is 6.89. The Hall–Kier alpha value is -2.75. The molecule has 1 saturated heterocycles. The number of aromatic nitrogens is 3. The van der Waals surface area contributed by atoms with Crippen LogP contribution >= 0.6 is 0 Å². The van der Waals surface area contributed by atoms with Crippen molar-refractivity contribution in [1.82, 2.24) is 19.4 Å². The van der Waals surface area contributed by atoms with Crippen LogP contribution in [0.3, 0.4) is 0 Å². The second-order valence-electron chi connectivity index (χ2n) is 11.2. The summed E-state index contributed by atoms with van der Waals surface area (Å²) in [7, 11) is -1.13. The highest BCUT2D eigenvalue weighted by atomic mass is 28.3. The predicted octanol–water partition coefficient (Wildman–Crippen LogP) is 5.61. The maximum Gasteiger partial charge on any atom is 0.407 e. The molecule has 1 amide bonds. The largest absolute Gasteiger partial charge is 0.465 e. The first kappa shape index (κ1) is 24.9. The van der Waals surface area contributed by atoms with Gasteiger partial charge in [0, 0.05) is 33.0 Å². The summed E-state index contributed by atoms with van der Waals surface area (Å²) in [5.41, 5.74) is 7.95. The van der Waals surface area contributed by atoms with E-state index in [1.165, 1.54) is 5.56 Å². The number of nitrogens with zero attached hydrogens (tertiary/aromatic N) is 4. The van der Waals surface area contributed by atoms with Gasteiger partial charge in [0.2, 0.25) is 0 Å². The minimum atomic E-state index is -1.13. The summed E-state index contributed by atoms with van der Waals surface area (Å²) >= 11 is 0. The molecule has 1 N–H and O–H groups in total. The predicted molar refractivity (Wildman–Crippen MR) is 142 cm³/mol. The number of rotatable bonds is 7. The number of hydrogen-bond donors (Lipinski definition) is 1. The first-order chi connectivity index (χ1) is 17.2. The molecule has 2 aromatic heterocycles. The lowest BCUT2D eigenvalue weighted by atomic mass is 9.89. The molecule has 4 heterocycles. The molecule has 36 heavy (non-hydrogen) atoms. The third-order valence-electron chi connectivity index (χ3n) is 7.27. The normalized spacial score (nSPS) is 18.1. The van der Waals surface area contributed by atoms with Crippen LogP contribution in [0.4, 0.5) is 4.79 Å². The van der Waals surface area contributed by atoms with E-state index in [9.17, 15) is 9.90 Å². The first-order valence-electron chi connectivity index (χ1n) is 12.8. The molecule has 2 aliphatic rings. The van der Waals surface area contributed by atoms with Gasteiger partial charge in [0.25, 0.3) is 0 Å². The molecule has 2 aliphatic heterocycles. The quantitative estimate of drug-likeness (QED) is 0.330. The maximum atomic E-state index is 11.9. The van der Waals surface area contributed by atoms with Crippen molar-refractivity contribution in [2.24, 2.45) is 0 Å². The van der Waals surface area contributed by atoms with Crippen molar-refractivity contribution in [3.05, 3.63) is 46.8 Å². The molecule has 0 spiro atoms. The van der Waals surface area contributed by atoms with Gasteiger partial charge in [-0.25, -0.2) is 14.8 Å². The van der Waals surface area contributed by atoms with Crippen LogP contribution < -0.4 is 0 Å². The van der Waals surface area contributed by atoms with Gasteiger partial charge in [-0.15, -0.1) is 0 Å². The molecule has 8 nitrogen and oxygen atoms in total. The van der Waals surface area contributed by atoms with Crippen LogP contribution in [-0.4, -0.2) is 58.5 Å². The second-order valence-corrected chi connectivity index (χ2v) is 16.8. The minimum Gasteiger partial charge on any atom is -0.465 e. The summed E-state index contributed by atoms with van der Waals surface area (Å²) in [6, 6.07) is 5.28. The van der Waals surface area contributed by atoms with Crippen molar-refractivity contribution in [3.8, 4) is 11.3 Å². The highest BCUT2D eigenvalue weighted by Crippen LogP contribution is 2.39. The molecular weight excluding hydrogens is 472 g/mol.